The normalized spacial score (nSPS) is 22.2. The highest BCUT2D eigenvalue weighted by molar-refractivity contribution is 7.89. The number of alkyl halides is 2. The quantitative estimate of drug-likeness (QED) is 0.195. The summed E-state index contributed by atoms with van der Waals surface area (Å²) in [5.74, 6) is -5.80. The molecule has 1 unspecified atom stereocenters. The third-order valence-electron chi connectivity index (χ3n) is 8.52. The number of thiazole rings is 1. The van der Waals surface area contributed by atoms with Gasteiger partial charge in [0.15, 0.2) is 11.4 Å². The SMILES string of the molecule is CC(C)CNc1nc2ccc(S(=O)(=O)N(CC(C)C)C[C@@H](O)[C@@H](CC(=O)O[C@H]3CCO[C@H]4OCC(F)(F)C43)Cc3ccccc3)cc2s1. The molecule has 2 saturated heterocycles. The van der Waals surface area contributed by atoms with Crippen LogP contribution in [0, 0.1) is 23.7 Å². The van der Waals surface area contributed by atoms with Gasteiger partial charge in [0.1, 0.15) is 18.6 Å². The molecule has 48 heavy (non-hydrogen) atoms. The minimum absolute atomic E-state index is 0.0692. The van der Waals surface area contributed by atoms with Crippen molar-refractivity contribution < 1.29 is 41.3 Å². The van der Waals surface area contributed by atoms with Crippen LogP contribution in [0.3, 0.4) is 0 Å². The number of carbonyl (C=O) groups excluding carboxylic acids is 1. The van der Waals surface area contributed by atoms with Crippen molar-refractivity contribution in [3.63, 3.8) is 0 Å². The molecule has 0 saturated carbocycles. The van der Waals surface area contributed by atoms with Crippen LogP contribution in [0.1, 0.15) is 46.1 Å². The van der Waals surface area contributed by atoms with E-state index in [1.54, 1.807) is 12.1 Å². The van der Waals surface area contributed by atoms with E-state index in [1.807, 2.05) is 44.2 Å². The molecule has 0 radical (unpaired) electrons. The average molecular weight is 710 g/mol. The number of halogens is 2. The molecule has 3 aromatic rings. The summed E-state index contributed by atoms with van der Waals surface area (Å²) < 4.78 is 75.4. The van der Waals surface area contributed by atoms with Gasteiger partial charge >= 0.3 is 5.97 Å². The van der Waals surface area contributed by atoms with Crippen LogP contribution in [0.5, 0.6) is 0 Å². The molecule has 0 aliphatic carbocycles. The van der Waals surface area contributed by atoms with Gasteiger partial charge in [-0.2, -0.15) is 4.31 Å². The van der Waals surface area contributed by atoms with E-state index in [-0.39, 0.29) is 49.8 Å². The molecule has 2 aromatic carbocycles. The van der Waals surface area contributed by atoms with Gasteiger partial charge in [0.25, 0.3) is 5.92 Å². The number of nitrogens with zero attached hydrogens (tertiary/aromatic N) is 2. The fourth-order valence-corrected chi connectivity index (χ4v) is 8.75. The Kier molecular flexibility index (Phi) is 11.7. The highest BCUT2D eigenvalue weighted by Crippen LogP contribution is 2.43. The second kappa shape index (κ2) is 15.4. The maximum Gasteiger partial charge on any atom is 0.306 e. The summed E-state index contributed by atoms with van der Waals surface area (Å²) in [6, 6.07) is 14.0. The van der Waals surface area contributed by atoms with Crippen molar-refractivity contribution in [2.75, 3.05) is 38.2 Å². The van der Waals surface area contributed by atoms with Crippen LogP contribution in [-0.2, 0) is 35.4 Å². The van der Waals surface area contributed by atoms with E-state index in [0.29, 0.717) is 21.3 Å². The number of esters is 1. The molecule has 5 rings (SSSR count). The second-order valence-electron chi connectivity index (χ2n) is 13.5. The smallest absolute Gasteiger partial charge is 0.306 e. The lowest BCUT2D eigenvalue weighted by Crippen LogP contribution is -2.47. The Bertz CT molecular complexity index is 1640. The zero-order valence-electron chi connectivity index (χ0n) is 27.7. The summed E-state index contributed by atoms with van der Waals surface area (Å²) in [5.41, 5.74) is 1.51. The molecule has 10 nitrogen and oxygen atoms in total. The summed E-state index contributed by atoms with van der Waals surface area (Å²) in [6.07, 6.45) is -3.50. The van der Waals surface area contributed by atoms with E-state index in [4.69, 9.17) is 14.2 Å². The molecule has 2 N–H and O–H groups in total. The number of aromatic nitrogens is 1. The number of aliphatic hydroxyl groups is 1. The van der Waals surface area contributed by atoms with Crippen LogP contribution in [0.4, 0.5) is 13.9 Å². The summed E-state index contributed by atoms with van der Waals surface area (Å²) in [4.78, 5) is 18.0. The number of carbonyl (C=O) groups is 1. The van der Waals surface area contributed by atoms with Crippen LogP contribution >= 0.6 is 11.3 Å². The minimum Gasteiger partial charge on any atom is -0.462 e. The number of nitrogens with one attached hydrogen (secondary N) is 1. The molecule has 1 aromatic heterocycles. The summed E-state index contributed by atoms with van der Waals surface area (Å²) >= 11 is 1.37. The van der Waals surface area contributed by atoms with Gasteiger partial charge in [-0.15, -0.1) is 0 Å². The van der Waals surface area contributed by atoms with Crippen LogP contribution in [0.15, 0.2) is 53.4 Å². The predicted molar refractivity (Wildman–Crippen MR) is 179 cm³/mol. The minimum atomic E-state index is -4.07. The van der Waals surface area contributed by atoms with Crippen molar-refractivity contribution in [1.29, 1.82) is 0 Å². The van der Waals surface area contributed by atoms with Crippen molar-refractivity contribution in [2.24, 2.45) is 23.7 Å². The third-order valence-corrected chi connectivity index (χ3v) is 11.3. The number of ether oxygens (including phenoxy) is 3. The van der Waals surface area contributed by atoms with Crippen molar-refractivity contribution in [3.05, 3.63) is 54.1 Å². The predicted octanol–water partition coefficient (Wildman–Crippen LogP) is 5.56. The van der Waals surface area contributed by atoms with Crippen molar-refractivity contribution >= 4 is 42.7 Å². The molecule has 0 amide bonds. The monoisotopic (exact) mass is 709 g/mol. The van der Waals surface area contributed by atoms with Gasteiger partial charge < -0.3 is 24.6 Å². The van der Waals surface area contributed by atoms with Gasteiger partial charge in [0, 0.05) is 32.0 Å². The zero-order valence-corrected chi connectivity index (χ0v) is 29.3. The molecule has 5 atom stereocenters. The first kappa shape index (κ1) is 36.5. The largest absolute Gasteiger partial charge is 0.462 e. The van der Waals surface area contributed by atoms with Crippen LogP contribution < -0.4 is 5.32 Å². The molecular weight excluding hydrogens is 665 g/mol. The molecule has 0 spiro atoms. The third kappa shape index (κ3) is 8.88. The maximum absolute atomic E-state index is 14.6. The van der Waals surface area contributed by atoms with Gasteiger partial charge in [-0.25, -0.2) is 22.2 Å². The first-order valence-electron chi connectivity index (χ1n) is 16.4. The number of benzene rings is 2. The van der Waals surface area contributed by atoms with Gasteiger partial charge in [0.2, 0.25) is 10.0 Å². The van der Waals surface area contributed by atoms with Crippen molar-refractivity contribution in [2.45, 2.75) is 76.3 Å². The average Bonchev–Trinajstić information content (AvgIpc) is 3.59. The Morgan fingerprint density at radius 2 is 1.88 bits per heavy atom. The molecule has 2 fully saturated rings. The van der Waals surface area contributed by atoms with E-state index in [1.165, 1.54) is 21.7 Å². The molecule has 3 heterocycles. The van der Waals surface area contributed by atoms with E-state index in [9.17, 15) is 27.1 Å². The van der Waals surface area contributed by atoms with Crippen molar-refractivity contribution in [1.82, 2.24) is 9.29 Å². The number of fused-ring (bicyclic) bond motifs is 2. The molecule has 14 heteroatoms. The molecular formula is C34H45F2N3O7S2. The summed E-state index contributed by atoms with van der Waals surface area (Å²) in [5, 5.41) is 15.6. The van der Waals surface area contributed by atoms with Gasteiger partial charge in [0.05, 0.1) is 34.2 Å². The van der Waals surface area contributed by atoms with Gasteiger partial charge in [-0.3, -0.25) is 4.79 Å². The Labute approximate surface area is 284 Å². The van der Waals surface area contributed by atoms with Gasteiger partial charge in [-0.05, 0) is 42.0 Å². The van der Waals surface area contributed by atoms with Crippen LogP contribution in [-0.4, -0.2) is 86.1 Å². The standard InChI is InChI=1S/C34H45F2N3O7S2/c1-21(2)17-37-33-38-26-11-10-25(16-29(26)47-33)48(42,43)39(18-22(3)4)19-27(40)24(14-23-8-6-5-7-9-23)15-30(41)46-28-12-13-44-32-31(28)34(35,36)20-45-32/h5-11,16,21-22,24,27-28,31-32,40H,12-15,17-20H2,1-4H3,(H,37,38)/t24-,27-,28+,31?,32+/m1/s1. The Morgan fingerprint density at radius 1 is 1.12 bits per heavy atom. The Balaban J connectivity index is 1.35. The summed E-state index contributed by atoms with van der Waals surface area (Å²) in [7, 11) is -4.07. The highest BCUT2D eigenvalue weighted by Gasteiger charge is 2.58. The number of rotatable bonds is 15. The number of anilines is 1. The zero-order chi connectivity index (χ0) is 34.6. The fourth-order valence-electron chi connectivity index (χ4n) is 6.11. The van der Waals surface area contributed by atoms with Crippen molar-refractivity contribution in [3.8, 4) is 0 Å². The number of hydrogen-bond donors (Lipinski definition) is 2. The highest BCUT2D eigenvalue weighted by atomic mass is 32.2. The fraction of sp³-hybridized carbons (Fsp3) is 0.588. The van der Waals surface area contributed by atoms with E-state index in [2.05, 4.69) is 24.1 Å². The lowest BCUT2D eigenvalue weighted by Gasteiger charge is -2.35. The maximum atomic E-state index is 14.6. The first-order valence-corrected chi connectivity index (χ1v) is 18.7. The summed E-state index contributed by atoms with van der Waals surface area (Å²) in [6.45, 7) is 7.83. The Morgan fingerprint density at radius 3 is 2.58 bits per heavy atom. The molecule has 264 valence electrons. The molecule has 0 bridgehead atoms. The topological polar surface area (TPSA) is 127 Å². The van der Waals surface area contributed by atoms with E-state index >= 15 is 0 Å². The second-order valence-corrected chi connectivity index (χ2v) is 16.5. The lowest BCUT2D eigenvalue weighted by atomic mass is 9.90. The Hall–Kier alpha value is -2.75. The lowest BCUT2D eigenvalue weighted by molar-refractivity contribution is -0.208. The molecule has 2 aliphatic rings. The number of aliphatic hydroxyl groups excluding tert-OH is 1. The first-order chi connectivity index (χ1) is 22.7. The number of hydrogen-bond acceptors (Lipinski definition) is 10. The van der Waals surface area contributed by atoms with Gasteiger partial charge in [-0.1, -0.05) is 69.4 Å². The number of sulfonamides is 1. The van der Waals surface area contributed by atoms with Crippen LogP contribution in [0.2, 0.25) is 0 Å². The van der Waals surface area contributed by atoms with Crippen LogP contribution in [0.25, 0.3) is 10.2 Å². The van der Waals surface area contributed by atoms with E-state index < -0.39 is 58.9 Å². The van der Waals surface area contributed by atoms with E-state index in [0.717, 1.165) is 12.1 Å². The molecule has 2 aliphatic heterocycles.